The molecule has 0 aliphatic carbocycles. The SMILES string of the molecule is COC(=O)CCN(C)CCCOc1ccc(CCc2cccs2)cc1. The lowest BCUT2D eigenvalue weighted by Gasteiger charge is -2.15. The molecule has 25 heavy (non-hydrogen) atoms. The minimum absolute atomic E-state index is 0.165. The lowest BCUT2D eigenvalue weighted by Crippen LogP contribution is -2.24. The number of nitrogens with zero attached hydrogens (tertiary/aromatic N) is 1. The van der Waals surface area contributed by atoms with Crippen LogP contribution in [0.4, 0.5) is 0 Å². The Bertz CT molecular complexity index is 610. The van der Waals surface area contributed by atoms with Gasteiger partial charge in [0.25, 0.3) is 0 Å². The zero-order valence-corrected chi connectivity index (χ0v) is 15.9. The van der Waals surface area contributed by atoms with Crippen molar-refractivity contribution >= 4 is 17.3 Å². The summed E-state index contributed by atoms with van der Waals surface area (Å²) in [5.74, 6) is 0.749. The lowest BCUT2D eigenvalue weighted by atomic mass is 10.1. The fourth-order valence-corrected chi connectivity index (χ4v) is 3.20. The maximum Gasteiger partial charge on any atom is 0.306 e. The Hall–Kier alpha value is -1.85. The van der Waals surface area contributed by atoms with Gasteiger partial charge in [0, 0.05) is 18.0 Å². The number of hydrogen-bond donors (Lipinski definition) is 0. The minimum Gasteiger partial charge on any atom is -0.494 e. The standard InChI is InChI=1S/C20H27NO3S/c1-21(14-12-20(22)23-2)13-4-15-24-18-9-6-17(7-10-18)8-11-19-5-3-16-25-19/h3,5-7,9-10,16H,4,8,11-15H2,1-2H3. The van der Waals surface area contributed by atoms with Crippen molar-refractivity contribution in [3.05, 3.63) is 52.2 Å². The molecular weight excluding hydrogens is 334 g/mol. The van der Waals surface area contributed by atoms with Gasteiger partial charge < -0.3 is 14.4 Å². The molecule has 0 atom stereocenters. The smallest absolute Gasteiger partial charge is 0.306 e. The van der Waals surface area contributed by atoms with Gasteiger partial charge in [-0.1, -0.05) is 18.2 Å². The van der Waals surface area contributed by atoms with Crippen molar-refractivity contribution in [2.24, 2.45) is 0 Å². The number of esters is 1. The first-order chi connectivity index (χ1) is 12.2. The molecular formula is C20H27NO3S. The van der Waals surface area contributed by atoms with Gasteiger partial charge in [0.15, 0.2) is 0 Å². The zero-order chi connectivity index (χ0) is 17.9. The normalized spacial score (nSPS) is 10.8. The Kier molecular flexibility index (Phi) is 8.49. The molecule has 0 aliphatic heterocycles. The third-order valence-corrected chi connectivity index (χ3v) is 4.98. The second-order valence-electron chi connectivity index (χ2n) is 6.05. The second-order valence-corrected chi connectivity index (χ2v) is 7.09. The molecule has 4 nitrogen and oxygen atoms in total. The monoisotopic (exact) mass is 361 g/mol. The molecule has 1 aromatic carbocycles. The molecule has 2 aromatic rings. The number of ether oxygens (including phenoxy) is 2. The predicted molar refractivity (Wildman–Crippen MR) is 102 cm³/mol. The van der Waals surface area contributed by atoms with Crippen LogP contribution in [0, 0.1) is 0 Å². The van der Waals surface area contributed by atoms with Crippen LogP contribution in [0.2, 0.25) is 0 Å². The molecule has 0 aliphatic rings. The number of benzene rings is 1. The molecule has 0 saturated heterocycles. The van der Waals surface area contributed by atoms with E-state index in [0.29, 0.717) is 19.6 Å². The van der Waals surface area contributed by atoms with Gasteiger partial charge in [-0.15, -0.1) is 11.3 Å². The maximum absolute atomic E-state index is 11.1. The van der Waals surface area contributed by atoms with Crippen LogP contribution < -0.4 is 4.74 Å². The summed E-state index contributed by atoms with van der Waals surface area (Å²) in [5, 5.41) is 2.12. The maximum atomic E-state index is 11.1. The Labute approximate surface area is 154 Å². The number of rotatable bonds is 11. The van der Waals surface area contributed by atoms with Crippen LogP contribution in [0.25, 0.3) is 0 Å². The first-order valence-electron chi connectivity index (χ1n) is 8.67. The summed E-state index contributed by atoms with van der Waals surface area (Å²) in [6.07, 6.45) is 3.51. The van der Waals surface area contributed by atoms with E-state index in [1.807, 2.05) is 30.5 Å². The van der Waals surface area contributed by atoms with E-state index in [2.05, 4.69) is 39.3 Å². The third kappa shape index (κ3) is 7.71. The van der Waals surface area contributed by atoms with Crippen molar-refractivity contribution in [3.8, 4) is 5.75 Å². The predicted octanol–water partition coefficient (Wildman–Crippen LogP) is 3.80. The summed E-state index contributed by atoms with van der Waals surface area (Å²) in [5.41, 5.74) is 1.34. The highest BCUT2D eigenvalue weighted by Gasteiger charge is 2.04. The summed E-state index contributed by atoms with van der Waals surface area (Å²) < 4.78 is 10.4. The van der Waals surface area contributed by atoms with Gasteiger partial charge in [0.05, 0.1) is 20.1 Å². The Morgan fingerprint density at radius 2 is 1.92 bits per heavy atom. The molecule has 0 spiro atoms. The van der Waals surface area contributed by atoms with Gasteiger partial charge in [0.1, 0.15) is 5.75 Å². The third-order valence-electron chi connectivity index (χ3n) is 4.04. The number of aryl methyl sites for hydroxylation is 2. The quantitative estimate of drug-likeness (QED) is 0.451. The van der Waals surface area contributed by atoms with Crippen molar-refractivity contribution in [2.45, 2.75) is 25.7 Å². The van der Waals surface area contributed by atoms with Crippen LogP contribution in [0.3, 0.4) is 0 Å². The molecule has 0 unspecified atom stereocenters. The van der Waals surface area contributed by atoms with Crippen LogP contribution >= 0.6 is 11.3 Å². The van der Waals surface area contributed by atoms with E-state index in [9.17, 15) is 4.79 Å². The molecule has 0 bridgehead atoms. The molecule has 0 fully saturated rings. The van der Waals surface area contributed by atoms with Crippen LogP contribution in [0.5, 0.6) is 5.75 Å². The summed E-state index contributed by atoms with van der Waals surface area (Å²) in [7, 11) is 3.43. The van der Waals surface area contributed by atoms with Gasteiger partial charge in [0.2, 0.25) is 0 Å². The topological polar surface area (TPSA) is 38.8 Å². The lowest BCUT2D eigenvalue weighted by molar-refractivity contribution is -0.140. The number of carbonyl (C=O) groups is 1. The first-order valence-corrected chi connectivity index (χ1v) is 9.55. The van der Waals surface area contributed by atoms with Crippen molar-refractivity contribution in [3.63, 3.8) is 0 Å². The highest BCUT2D eigenvalue weighted by atomic mass is 32.1. The number of carbonyl (C=O) groups excluding carboxylic acids is 1. The van der Waals surface area contributed by atoms with Crippen LogP contribution in [-0.4, -0.2) is 44.7 Å². The molecule has 0 saturated carbocycles. The molecule has 1 heterocycles. The largest absolute Gasteiger partial charge is 0.494 e. The van der Waals surface area contributed by atoms with E-state index in [4.69, 9.17) is 4.74 Å². The molecule has 0 N–H and O–H groups in total. The minimum atomic E-state index is -0.165. The van der Waals surface area contributed by atoms with E-state index in [0.717, 1.165) is 31.6 Å². The molecule has 2 rings (SSSR count). The van der Waals surface area contributed by atoms with Crippen LogP contribution in [0.15, 0.2) is 41.8 Å². The Morgan fingerprint density at radius 1 is 1.12 bits per heavy atom. The highest BCUT2D eigenvalue weighted by molar-refractivity contribution is 7.09. The zero-order valence-electron chi connectivity index (χ0n) is 15.1. The van der Waals surface area contributed by atoms with E-state index in [-0.39, 0.29) is 5.97 Å². The number of thiophene rings is 1. The van der Waals surface area contributed by atoms with E-state index in [1.54, 1.807) is 0 Å². The highest BCUT2D eigenvalue weighted by Crippen LogP contribution is 2.16. The second kappa shape index (κ2) is 10.9. The summed E-state index contributed by atoms with van der Waals surface area (Å²) in [4.78, 5) is 14.6. The van der Waals surface area contributed by atoms with Gasteiger partial charge in [-0.05, 0) is 55.5 Å². The van der Waals surface area contributed by atoms with Gasteiger partial charge in [-0.2, -0.15) is 0 Å². The molecule has 1 aromatic heterocycles. The number of methoxy groups -OCH3 is 1. The Balaban J connectivity index is 1.60. The summed E-state index contributed by atoms with van der Waals surface area (Å²) in [6, 6.07) is 12.7. The average molecular weight is 362 g/mol. The van der Waals surface area contributed by atoms with Crippen molar-refractivity contribution in [2.75, 3.05) is 33.9 Å². The fourth-order valence-electron chi connectivity index (χ4n) is 2.50. The average Bonchev–Trinajstić information content (AvgIpc) is 3.16. The van der Waals surface area contributed by atoms with Crippen LogP contribution in [-0.2, 0) is 22.4 Å². The van der Waals surface area contributed by atoms with Crippen molar-refractivity contribution in [1.82, 2.24) is 4.90 Å². The first kappa shape index (κ1) is 19.5. The molecule has 0 radical (unpaired) electrons. The molecule has 0 amide bonds. The molecule has 5 heteroatoms. The van der Waals surface area contributed by atoms with Crippen molar-refractivity contribution in [1.29, 1.82) is 0 Å². The van der Waals surface area contributed by atoms with E-state index >= 15 is 0 Å². The van der Waals surface area contributed by atoms with Gasteiger partial charge in [-0.25, -0.2) is 0 Å². The Morgan fingerprint density at radius 3 is 2.60 bits per heavy atom. The van der Waals surface area contributed by atoms with E-state index < -0.39 is 0 Å². The van der Waals surface area contributed by atoms with Crippen LogP contribution in [0.1, 0.15) is 23.3 Å². The summed E-state index contributed by atoms with van der Waals surface area (Å²) >= 11 is 1.81. The molecule has 136 valence electrons. The van der Waals surface area contributed by atoms with Gasteiger partial charge >= 0.3 is 5.97 Å². The van der Waals surface area contributed by atoms with E-state index in [1.165, 1.54) is 17.6 Å². The number of hydrogen-bond acceptors (Lipinski definition) is 5. The fraction of sp³-hybridized carbons (Fsp3) is 0.450. The summed E-state index contributed by atoms with van der Waals surface area (Å²) in [6.45, 7) is 2.29. The van der Waals surface area contributed by atoms with Crippen molar-refractivity contribution < 1.29 is 14.3 Å². The van der Waals surface area contributed by atoms with Gasteiger partial charge in [-0.3, -0.25) is 4.79 Å².